The molecule has 0 saturated heterocycles. The molecule has 0 unspecified atom stereocenters. The first-order valence-electron chi connectivity index (χ1n) is 5.71. The zero-order valence-corrected chi connectivity index (χ0v) is 10.4. The van der Waals surface area contributed by atoms with Crippen LogP contribution in [0.5, 0.6) is 0 Å². The van der Waals surface area contributed by atoms with E-state index in [4.69, 9.17) is 5.73 Å². The monoisotopic (exact) mass is 234 g/mol. The number of nitrogens with two attached hydrogens (primary N) is 1. The highest BCUT2D eigenvalue weighted by molar-refractivity contribution is 5.69. The molecule has 6 nitrogen and oxygen atoms in total. The lowest BCUT2D eigenvalue weighted by Crippen LogP contribution is -2.06. The Morgan fingerprint density at radius 2 is 2.18 bits per heavy atom. The summed E-state index contributed by atoms with van der Waals surface area (Å²) in [6.07, 6.45) is 2.89. The maximum absolute atomic E-state index is 6.01. The summed E-state index contributed by atoms with van der Waals surface area (Å²) in [7, 11) is 1.88. The summed E-state index contributed by atoms with van der Waals surface area (Å²) < 4.78 is 3.63. The molecular weight excluding hydrogens is 216 g/mol. The lowest BCUT2D eigenvalue weighted by Gasteiger charge is -2.07. The van der Waals surface area contributed by atoms with E-state index >= 15 is 0 Å². The van der Waals surface area contributed by atoms with Crippen LogP contribution in [0.1, 0.15) is 19.0 Å². The van der Waals surface area contributed by atoms with Crippen LogP contribution in [0.2, 0.25) is 0 Å². The average Bonchev–Trinajstić information content (AvgIpc) is 2.79. The molecule has 2 heterocycles. The van der Waals surface area contributed by atoms with Gasteiger partial charge in [-0.25, -0.2) is 4.68 Å². The Hall–Kier alpha value is -1.98. The minimum absolute atomic E-state index is 0.684. The standard InChI is InChI=1S/C11H18N6/c1-4-6-17-11(10(12)8(2)14-17)13-9-5-7-16(3)15-9/h5,7H,4,6,12H2,1-3H3,(H,13,15). The largest absolute Gasteiger partial charge is 0.394 e. The fourth-order valence-electron chi connectivity index (χ4n) is 1.70. The first-order valence-corrected chi connectivity index (χ1v) is 5.71. The van der Waals surface area contributed by atoms with Gasteiger partial charge in [0.15, 0.2) is 11.6 Å². The number of nitrogens with zero attached hydrogens (tertiary/aromatic N) is 4. The molecule has 17 heavy (non-hydrogen) atoms. The summed E-state index contributed by atoms with van der Waals surface area (Å²) in [5.74, 6) is 1.60. The van der Waals surface area contributed by atoms with Crippen LogP contribution in [0.25, 0.3) is 0 Å². The first kappa shape index (κ1) is 11.5. The molecule has 6 heteroatoms. The molecule has 0 saturated carbocycles. The average molecular weight is 234 g/mol. The van der Waals surface area contributed by atoms with Gasteiger partial charge in [0.1, 0.15) is 0 Å². The van der Waals surface area contributed by atoms with Gasteiger partial charge in [0.05, 0.1) is 11.4 Å². The lowest BCUT2D eigenvalue weighted by molar-refractivity contribution is 0.605. The summed E-state index contributed by atoms with van der Waals surface area (Å²) in [6.45, 7) is 4.86. The van der Waals surface area contributed by atoms with Gasteiger partial charge in [-0.3, -0.25) is 4.68 Å². The molecule has 0 aromatic carbocycles. The van der Waals surface area contributed by atoms with E-state index in [0.29, 0.717) is 5.69 Å². The van der Waals surface area contributed by atoms with E-state index in [0.717, 1.165) is 30.3 Å². The number of rotatable bonds is 4. The summed E-state index contributed by atoms with van der Waals surface area (Å²) in [4.78, 5) is 0. The smallest absolute Gasteiger partial charge is 0.153 e. The third-order valence-corrected chi connectivity index (χ3v) is 2.57. The molecule has 2 aromatic heterocycles. The molecule has 0 spiro atoms. The molecule has 2 aromatic rings. The fourth-order valence-corrected chi connectivity index (χ4v) is 1.70. The molecule has 0 aliphatic rings. The Kier molecular flexibility index (Phi) is 3.03. The topological polar surface area (TPSA) is 73.7 Å². The third-order valence-electron chi connectivity index (χ3n) is 2.57. The van der Waals surface area contributed by atoms with Gasteiger partial charge in [-0.05, 0) is 13.3 Å². The molecule has 0 atom stereocenters. The van der Waals surface area contributed by atoms with Crippen LogP contribution in [0, 0.1) is 6.92 Å². The van der Waals surface area contributed by atoms with E-state index in [-0.39, 0.29) is 0 Å². The van der Waals surface area contributed by atoms with Crippen molar-refractivity contribution in [2.24, 2.45) is 7.05 Å². The van der Waals surface area contributed by atoms with Crippen molar-refractivity contribution in [1.29, 1.82) is 0 Å². The minimum atomic E-state index is 0.684. The van der Waals surface area contributed by atoms with Gasteiger partial charge >= 0.3 is 0 Å². The number of hydrogen-bond donors (Lipinski definition) is 2. The molecular formula is C11H18N6. The second kappa shape index (κ2) is 4.48. The number of anilines is 3. The van der Waals surface area contributed by atoms with Crippen molar-refractivity contribution in [2.75, 3.05) is 11.1 Å². The van der Waals surface area contributed by atoms with Gasteiger partial charge in [0.2, 0.25) is 0 Å². The normalized spacial score (nSPS) is 10.8. The molecule has 0 radical (unpaired) electrons. The second-order valence-corrected chi connectivity index (χ2v) is 4.07. The molecule has 0 amide bonds. The number of hydrogen-bond acceptors (Lipinski definition) is 4. The highest BCUT2D eigenvalue weighted by Gasteiger charge is 2.12. The van der Waals surface area contributed by atoms with Crippen molar-refractivity contribution in [3.05, 3.63) is 18.0 Å². The van der Waals surface area contributed by atoms with E-state index < -0.39 is 0 Å². The zero-order chi connectivity index (χ0) is 12.4. The molecule has 2 rings (SSSR count). The summed E-state index contributed by atoms with van der Waals surface area (Å²) in [6, 6.07) is 1.90. The maximum Gasteiger partial charge on any atom is 0.153 e. The Morgan fingerprint density at radius 3 is 2.76 bits per heavy atom. The van der Waals surface area contributed by atoms with Gasteiger partial charge in [-0.15, -0.1) is 0 Å². The van der Waals surface area contributed by atoms with Crippen LogP contribution in [0.3, 0.4) is 0 Å². The molecule has 3 N–H and O–H groups in total. The van der Waals surface area contributed by atoms with E-state index in [1.807, 2.05) is 30.9 Å². The van der Waals surface area contributed by atoms with Crippen LogP contribution in [0.4, 0.5) is 17.3 Å². The van der Waals surface area contributed by atoms with Crippen LogP contribution in [-0.4, -0.2) is 19.6 Å². The Bertz CT molecular complexity index is 510. The predicted octanol–water partition coefficient (Wildman–Crippen LogP) is 1.66. The SMILES string of the molecule is CCCn1nc(C)c(N)c1Nc1ccn(C)n1. The van der Waals surface area contributed by atoms with Crippen molar-refractivity contribution in [2.45, 2.75) is 26.8 Å². The Labute approximate surface area is 100 Å². The van der Waals surface area contributed by atoms with Crippen LogP contribution < -0.4 is 11.1 Å². The molecule has 0 bridgehead atoms. The van der Waals surface area contributed by atoms with Crippen molar-refractivity contribution in [1.82, 2.24) is 19.6 Å². The highest BCUT2D eigenvalue weighted by atomic mass is 15.4. The van der Waals surface area contributed by atoms with Crippen molar-refractivity contribution >= 4 is 17.3 Å². The third kappa shape index (κ3) is 2.25. The highest BCUT2D eigenvalue weighted by Crippen LogP contribution is 2.25. The summed E-state index contributed by atoms with van der Waals surface area (Å²) in [5.41, 5.74) is 7.54. The van der Waals surface area contributed by atoms with Crippen molar-refractivity contribution in [3.63, 3.8) is 0 Å². The van der Waals surface area contributed by atoms with E-state index in [9.17, 15) is 0 Å². The van der Waals surface area contributed by atoms with E-state index in [1.54, 1.807) is 4.68 Å². The van der Waals surface area contributed by atoms with Gasteiger partial charge in [0.25, 0.3) is 0 Å². The quantitative estimate of drug-likeness (QED) is 0.843. The summed E-state index contributed by atoms with van der Waals surface area (Å²) >= 11 is 0. The van der Waals surface area contributed by atoms with Crippen molar-refractivity contribution < 1.29 is 0 Å². The van der Waals surface area contributed by atoms with Gasteiger partial charge in [-0.2, -0.15) is 10.2 Å². The van der Waals surface area contributed by atoms with Gasteiger partial charge in [-0.1, -0.05) is 6.92 Å². The Morgan fingerprint density at radius 1 is 1.41 bits per heavy atom. The number of nitrogen functional groups attached to an aromatic ring is 1. The van der Waals surface area contributed by atoms with Gasteiger partial charge < -0.3 is 11.1 Å². The van der Waals surface area contributed by atoms with Crippen LogP contribution >= 0.6 is 0 Å². The van der Waals surface area contributed by atoms with Gasteiger partial charge in [0, 0.05) is 25.9 Å². The Balaban J connectivity index is 2.30. The zero-order valence-electron chi connectivity index (χ0n) is 10.4. The second-order valence-electron chi connectivity index (χ2n) is 4.07. The molecule has 0 aliphatic heterocycles. The first-order chi connectivity index (χ1) is 8.11. The lowest BCUT2D eigenvalue weighted by atomic mass is 10.4. The fraction of sp³-hybridized carbons (Fsp3) is 0.455. The molecule has 0 fully saturated rings. The predicted molar refractivity (Wildman–Crippen MR) is 68.2 cm³/mol. The number of nitrogens with one attached hydrogen (secondary N) is 1. The van der Waals surface area contributed by atoms with Crippen LogP contribution in [0.15, 0.2) is 12.3 Å². The molecule has 92 valence electrons. The maximum atomic E-state index is 6.01. The van der Waals surface area contributed by atoms with Crippen LogP contribution in [-0.2, 0) is 13.6 Å². The number of aromatic nitrogens is 4. The van der Waals surface area contributed by atoms with E-state index in [1.165, 1.54) is 0 Å². The number of aryl methyl sites for hydroxylation is 3. The minimum Gasteiger partial charge on any atom is -0.394 e. The molecule has 0 aliphatic carbocycles. The van der Waals surface area contributed by atoms with Crippen molar-refractivity contribution in [3.8, 4) is 0 Å². The van der Waals surface area contributed by atoms with E-state index in [2.05, 4.69) is 22.4 Å². The summed E-state index contributed by atoms with van der Waals surface area (Å²) in [5, 5.41) is 11.9.